The van der Waals surface area contributed by atoms with Gasteiger partial charge in [0.2, 0.25) is 5.75 Å². The van der Waals surface area contributed by atoms with Crippen molar-refractivity contribution in [1.82, 2.24) is 5.01 Å². The molecule has 2 aromatic carbocycles. The fourth-order valence-electron chi connectivity index (χ4n) is 3.31. The van der Waals surface area contributed by atoms with E-state index in [0.717, 1.165) is 43.2 Å². The van der Waals surface area contributed by atoms with Crippen molar-refractivity contribution in [3.8, 4) is 23.0 Å². The average Bonchev–Trinajstić information content (AvgIpc) is 2.78. The molecule has 0 N–H and O–H groups in total. The summed E-state index contributed by atoms with van der Waals surface area (Å²) in [6, 6.07) is 11.5. The van der Waals surface area contributed by atoms with E-state index >= 15 is 0 Å². The topological polar surface area (TPSA) is 72.8 Å². The highest BCUT2D eigenvalue weighted by Crippen LogP contribution is 2.38. The fraction of sp³-hybridized carbons (Fsp3) is 0.364. The third-order valence-electron chi connectivity index (χ3n) is 4.78. The highest BCUT2D eigenvalue weighted by Gasteiger charge is 2.19. The van der Waals surface area contributed by atoms with Gasteiger partial charge in [-0.05, 0) is 24.3 Å². The number of para-hydroxylation sites is 2. The molecular weight excluding hydrogens is 386 g/mol. The van der Waals surface area contributed by atoms with Crippen LogP contribution in [0.2, 0.25) is 0 Å². The van der Waals surface area contributed by atoms with Crippen molar-refractivity contribution in [1.29, 1.82) is 0 Å². The van der Waals surface area contributed by atoms with E-state index in [0.29, 0.717) is 11.5 Å². The van der Waals surface area contributed by atoms with Gasteiger partial charge in [-0.25, -0.2) is 0 Å². The van der Waals surface area contributed by atoms with Gasteiger partial charge in [-0.2, -0.15) is 5.10 Å². The van der Waals surface area contributed by atoms with Crippen molar-refractivity contribution < 1.29 is 23.7 Å². The maximum Gasteiger partial charge on any atom is 0.308 e. The Morgan fingerprint density at radius 3 is 2.10 bits per heavy atom. The van der Waals surface area contributed by atoms with Gasteiger partial charge in [0.15, 0.2) is 11.5 Å². The molecule has 1 aliphatic heterocycles. The Bertz CT molecular complexity index is 882. The lowest BCUT2D eigenvalue weighted by Gasteiger charge is -2.35. The molecule has 30 heavy (non-hydrogen) atoms. The van der Waals surface area contributed by atoms with Crippen LogP contribution in [0.15, 0.2) is 41.5 Å². The van der Waals surface area contributed by atoms with E-state index in [-0.39, 0.29) is 5.75 Å². The van der Waals surface area contributed by atoms with Crippen LogP contribution in [0.3, 0.4) is 0 Å². The Hall–Kier alpha value is -3.42. The summed E-state index contributed by atoms with van der Waals surface area (Å²) in [5.74, 6) is 1.51. The maximum atomic E-state index is 11.4. The highest BCUT2D eigenvalue weighted by molar-refractivity contribution is 5.83. The Labute approximate surface area is 176 Å². The van der Waals surface area contributed by atoms with Crippen LogP contribution in [0, 0.1) is 0 Å². The number of benzene rings is 2. The van der Waals surface area contributed by atoms with Crippen LogP contribution in [-0.2, 0) is 4.79 Å². The molecule has 8 nitrogen and oxygen atoms in total. The molecule has 0 atom stereocenters. The van der Waals surface area contributed by atoms with E-state index in [1.54, 1.807) is 25.5 Å². The zero-order chi connectivity index (χ0) is 21.5. The molecule has 0 radical (unpaired) electrons. The molecule has 0 bridgehead atoms. The minimum Gasteiger partial charge on any atom is -0.495 e. The summed E-state index contributed by atoms with van der Waals surface area (Å²) in [6.45, 7) is 4.59. The molecular formula is C22H27N3O5. The van der Waals surface area contributed by atoms with Crippen molar-refractivity contribution in [3.63, 3.8) is 0 Å². The SMILES string of the molecule is COc1ccccc1N1CCN(/N=C/c2cc(OC)c(OC(C)=O)c(OC)c2)CC1. The number of piperazine rings is 1. The van der Waals surface area contributed by atoms with Crippen molar-refractivity contribution >= 4 is 17.9 Å². The first-order valence-electron chi connectivity index (χ1n) is 9.67. The van der Waals surface area contributed by atoms with E-state index < -0.39 is 5.97 Å². The summed E-state index contributed by atoms with van der Waals surface area (Å²) in [6.07, 6.45) is 1.75. The molecule has 0 spiro atoms. The molecule has 2 aromatic rings. The summed E-state index contributed by atoms with van der Waals surface area (Å²) in [4.78, 5) is 13.7. The number of ether oxygens (including phenoxy) is 4. The first-order valence-corrected chi connectivity index (χ1v) is 9.67. The zero-order valence-electron chi connectivity index (χ0n) is 17.8. The Kier molecular flexibility index (Phi) is 7.00. The largest absolute Gasteiger partial charge is 0.495 e. The van der Waals surface area contributed by atoms with Gasteiger partial charge in [0, 0.05) is 25.6 Å². The van der Waals surface area contributed by atoms with Gasteiger partial charge < -0.3 is 23.8 Å². The first-order chi connectivity index (χ1) is 14.5. The third kappa shape index (κ3) is 4.94. The van der Waals surface area contributed by atoms with Crippen LogP contribution >= 0.6 is 0 Å². The number of anilines is 1. The molecule has 1 aliphatic rings. The van der Waals surface area contributed by atoms with E-state index in [2.05, 4.69) is 16.1 Å². The first kappa shape index (κ1) is 21.3. The summed E-state index contributed by atoms with van der Waals surface area (Å²) in [5, 5.41) is 6.62. The fourth-order valence-corrected chi connectivity index (χ4v) is 3.31. The molecule has 0 unspecified atom stereocenters. The number of esters is 1. The molecule has 0 amide bonds. The van der Waals surface area contributed by atoms with Gasteiger partial charge in [0.1, 0.15) is 5.75 Å². The molecule has 0 aliphatic carbocycles. The summed E-state index contributed by atoms with van der Waals surface area (Å²) in [5.41, 5.74) is 1.88. The van der Waals surface area contributed by atoms with E-state index in [1.807, 2.05) is 23.2 Å². The molecule has 8 heteroatoms. The number of rotatable bonds is 7. The Balaban J connectivity index is 1.69. The molecule has 1 heterocycles. The monoisotopic (exact) mass is 413 g/mol. The number of carbonyl (C=O) groups is 1. The predicted molar refractivity (Wildman–Crippen MR) is 115 cm³/mol. The summed E-state index contributed by atoms with van der Waals surface area (Å²) >= 11 is 0. The highest BCUT2D eigenvalue weighted by atomic mass is 16.6. The number of hydrazone groups is 1. The second-order valence-electron chi connectivity index (χ2n) is 6.71. The van der Waals surface area contributed by atoms with E-state index in [4.69, 9.17) is 18.9 Å². The van der Waals surface area contributed by atoms with Gasteiger partial charge in [-0.3, -0.25) is 9.80 Å². The van der Waals surface area contributed by atoms with Crippen molar-refractivity contribution in [3.05, 3.63) is 42.0 Å². The van der Waals surface area contributed by atoms with Crippen LogP contribution in [0.1, 0.15) is 12.5 Å². The van der Waals surface area contributed by atoms with Gasteiger partial charge in [0.25, 0.3) is 0 Å². The number of methoxy groups -OCH3 is 3. The standard InChI is InChI=1S/C22H27N3O5/c1-16(26)30-22-20(28-3)13-17(14-21(22)29-4)15-23-25-11-9-24(10-12-25)18-7-5-6-8-19(18)27-2/h5-8,13-15H,9-12H2,1-4H3/b23-15+. The number of nitrogens with zero attached hydrogens (tertiary/aromatic N) is 3. The minimum atomic E-state index is -0.444. The predicted octanol–water partition coefficient (Wildman–Crippen LogP) is 2.79. The smallest absolute Gasteiger partial charge is 0.308 e. The van der Waals surface area contributed by atoms with E-state index in [9.17, 15) is 4.79 Å². The molecule has 3 rings (SSSR count). The minimum absolute atomic E-state index is 0.259. The van der Waals surface area contributed by atoms with Gasteiger partial charge in [-0.15, -0.1) is 0 Å². The molecule has 160 valence electrons. The molecule has 0 saturated carbocycles. The Morgan fingerprint density at radius 2 is 1.53 bits per heavy atom. The van der Waals surface area contributed by atoms with Crippen LogP contribution in [0.25, 0.3) is 0 Å². The lowest BCUT2D eigenvalue weighted by Crippen LogP contribution is -2.44. The van der Waals surface area contributed by atoms with Crippen LogP contribution < -0.4 is 23.8 Å². The van der Waals surface area contributed by atoms with Crippen LogP contribution in [-0.4, -0.2) is 64.7 Å². The maximum absolute atomic E-state index is 11.4. The van der Waals surface area contributed by atoms with Gasteiger partial charge >= 0.3 is 5.97 Å². The van der Waals surface area contributed by atoms with Crippen LogP contribution in [0.5, 0.6) is 23.0 Å². The quantitative estimate of drug-likeness (QED) is 0.393. The van der Waals surface area contributed by atoms with Gasteiger partial charge in [-0.1, -0.05) is 12.1 Å². The third-order valence-corrected chi connectivity index (χ3v) is 4.78. The number of carbonyl (C=O) groups excluding carboxylic acids is 1. The van der Waals surface area contributed by atoms with Crippen molar-refractivity contribution in [2.45, 2.75) is 6.92 Å². The lowest BCUT2D eigenvalue weighted by atomic mass is 10.2. The average molecular weight is 413 g/mol. The second-order valence-corrected chi connectivity index (χ2v) is 6.71. The summed E-state index contributed by atoms with van der Waals surface area (Å²) in [7, 11) is 4.72. The summed E-state index contributed by atoms with van der Waals surface area (Å²) < 4.78 is 21.4. The zero-order valence-corrected chi connectivity index (χ0v) is 17.8. The van der Waals surface area contributed by atoms with Crippen LogP contribution in [0.4, 0.5) is 5.69 Å². The second kappa shape index (κ2) is 9.87. The Morgan fingerprint density at radius 1 is 0.933 bits per heavy atom. The van der Waals surface area contributed by atoms with Gasteiger partial charge in [0.05, 0.1) is 46.3 Å². The number of hydrogen-bond donors (Lipinski definition) is 0. The molecule has 1 fully saturated rings. The lowest BCUT2D eigenvalue weighted by molar-refractivity contribution is -0.132. The molecule has 1 saturated heterocycles. The van der Waals surface area contributed by atoms with Crippen molar-refractivity contribution in [2.24, 2.45) is 5.10 Å². The normalized spacial score (nSPS) is 14.0. The molecule has 0 aromatic heterocycles. The van der Waals surface area contributed by atoms with E-state index in [1.165, 1.54) is 21.1 Å². The van der Waals surface area contributed by atoms with Crippen molar-refractivity contribution in [2.75, 3.05) is 52.4 Å². The number of hydrogen-bond acceptors (Lipinski definition) is 8.